The summed E-state index contributed by atoms with van der Waals surface area (Å²) in [6.45, 7) is 3.15. The van der Waals surface area contributed by atoms with Gasteiger partial charge < -0.3 is 9.64 Å². The first kappa shape index (κ1) is 16.3. The molecule has 0 saturated heterocycles. The second-order valence-electron chi connectivity index (χ2n) is 5.61. The van der Waals surface area contributed by atoms with Crippen molar-refractivity contribution in [3.63, 3.8) is 0 Å². The molecule has 1 aliphatic heterocycles. The molecule has 0 aliphatic carbocycles. The highest BCUT2D eigenvalue weighted by Gasteiger charge is 2.26. The third-order valence-electron chi connectivity index (χ3n) is 3.99. The van der Waals surface area contributed by atoms with Crippen LogP contribution in [0.15, 0.2) is 46.9 Å². The summed E-state index contributed by atoms with van der Waals surface area (Å²) in [6, 6.07) is 13.5. The van der Waals surface area contributed by atoms with Gasteiger partial charge in [0.05, 0.1) is 4.47 Å². The third kappa shape index (κ3) is 3.70. The number of fused-ring (bicyclic) bond motifs is 1. The van der Waals surface area contributed by atoms with Gasteiger partial charge in [0.25, 0.3) is 5.91 Å². The van der Waals surface area contributed by atoms with Crippen molar-refractivity contribution in [3.8, 4) is 5.75 Å². The van der Waals surface area contributed by atoms with Gasteiger partial charge in [-0.15, -0.1) is 0 Å². The van der Waals surface area contributed by atoms with E-state index in [0.29, 0.717) is 17.3 Å². The zero-order valence-electron chi connectivity index (χ0n) is 12.8. The highest BCUT2D eigenvalue weighted by atomic mass is 79.9. The number of rotatable bonds is 3. The Kier molecular flexibility index (Phi) is 4.93. The number of hydrogen-bond acceptors (Lipinski definition) is 2. The number of amides is 1. The van der Waals surface area contributed by atoms with Crippen LogP contribution < -0.4 is 4.74 Å². The summed E-state index contributed by atoms with van der Waals surface area (Å²) < 4.78 is 6.55. The summed E-state index contributed by atoms with van der Waals surface area (Å²) in [4.78, 5) is 14.5. The molecule has 0 saturated carbocycles. The van der Waals surface area contributed by atoms with Crippen LogP contribution in [-0.4, -0.2) is 23.5 Å². The fraction of sp³-hybridized carbons (Fsp3) is 0.278. The first-order valence-electron chi connectivity index (χ1n) is 7.52. The average Bonchev–Trinajstić information content (AvgIpc) is 2.56. The Labute approximate surface area is 149 Å². The van der Waals surface area contributed by atoms with Crippen LogP contribution in [0.25, 0.3) is 0 Å². The molecule has 2 aromatic rings. The van der Waals surface area contributed by atoms with E-state index in [2.05, 4.69) is 28.1 Å². The van der Waals surface area contributed by atoms with E-state index in [1.165, 1.54) is 11.1 Å². The summed E-state index contributed by atoms with van der Waals surface area (Å²) in [5, 5.41) is 0.621. The molecule has 23 heavy (non-hydrogen) atoms. The van der Waals surface area contributed by atoms with Crippen molar-refractivity contribution in [2.75, 3.05) is 6.54 Å². The molecule has 3 nitrogen and oxygen atoms in total. The van der Waals surface area contributed by atoms with Gasteiger partial charge in [0.15, 0.2) is 6.10 Å². The van der Waals surface area contributed by atoms with Crippen LogP contribution in [0.4, 0.5) is 0 Å². The van der Waals surface area contributed by atoms with Gasteiger partial charge in [-0.3, -0.25) is 4.79 Å². The minimum Gasteiger partial charge on any atom is -0.480 e. The highest BCUT2D eigenvalue weighted by molar-refractivity contribution is 9.10. The van der Waals surface area contributed by atoms with Gasteiger partial charge in [0, 0.05) is 18.1 Å². The van der Waals surface area contributed by atoms with Crippen LogP contribution in [0, 0.1) is 0 Å². The molecule has 0 radical (unpaired) electrons. The summed E-state index contributed by atoms with van der Waals surface area (Å²) >= 11 is 9.33. The van der Waals surface area contributed by atoms with Crippen molar-refractivity contribution in [1.29, 1.82) is 0 Å². The van der Waals surface area contributed by atoms with Crippen LogP contribution in [0.5, 0.6) is 5.75 Å². The van der Waals surface area contributed by atoms with Crippen molar-refractivity contribution >= 4 is 33.4 Å². The van der Waals surface area contributed by atoms with Crippen LogP contribution in [0.3, 0.4) is 0 Å². The summed E-state index contributed by atoms with van der Waals surface area (Å²) in [5.74, 6) is 0.619. The maximum absolute atomic E-state index is 12.7. The molecule has 1 amide bonds. The standard InChI is InChI=1S/C18H17BrClNO2/c1-12(23-17-7-6-15(20)10-16(17)19)18(22)21-9-8-13-4-2-3-5-14(13)11-21/h2-7,10,12H,8-9,11H2,1H3. The Morgan fingerprint density at radius 2 is 2.00 bits per heavy atom. The maximum atomic E-state index is 12.7. The molecule has 1 unspecified atom stereocenters. The number of nitrogens with zero attached hydrogens (tertiary/aromatic N) is 1. The summed E-state index contributed by atoms with van der Waals surface area (Å²) in [6.07, 6.45) is 0.344. The fourth-order valence-corrected chi connectivity index (χ4v) is 3.53. The molecule has 2 aromatic carbocycles. The highest BCUT2D eigenvalue weighted by Crippen LogP contribution is 2.29. The van der Waals surface area contributed by atoms with Gasteiger partial charge in [-0.05, 0) is 58.6 Å². The lowest BCUT2D eigenvalue weighted by Gasteiger charge is -2.31. The molecule has 120 valence electrons. The largest absolute Gasteiger partial charge is 0.480 e. The van der Waals surface area contributed by atoms with Crippen molar-refractivity contribution in [2.45, 2.75) is 26.0 Å². The van der Waals surface area contributed by atoms with Crippen LogP contribution in [-0.2, 0) is 17.8 Å². The lowest BCUT2D eigenvalue weighted by atomic mass is 9.99. The average molecular weight is 395 g/mol. The topological polar surface area (TPSA) is 29.5 Å². The predicted molar refractivity (Wildman–Crippen MR) is 94.8 cm³/mol. The van der Waals surface area contributed by atoms with Crippen molar-refractivity contribution in [2.24, 2.45) is 0 Å². The lowest BCUT2D eigenvalue weighted by Crippen LogP contribution is -2.43. The zero-order chi connectivity index (χ0) is 16.4. The lowest BCUT2D eigenvalue weighted by molar-refractivity contribution is -0.138. The van der Waals surface area contributed by atoms with Gasteiger partial charge in [-0.25, -0.2) is 0 Å². The minimum atomic E-state index is -0.544. The quantitative estimate of drug-likeness (QED) is 0.769. The van der Waals surface area contributed by atoms with Gasteiger partial charge in [-0.1, -0.05) is 35.9 Å². The summed E-state index contributed by atoms with van der Waals surface area (Å²) in [7, 11) is 0. The smallest absolute Gasteiger partial charge is 0.263 e. The number of carbonyl (C=O) groups excluding carboxylic acids is 1. The molecule has 1 heterocycles. The number of benzene rings is 2. The second kappa shape index (κ2) is 6.93. The Balaban J connectivity index is 1.68. The SMILES string of the molecule is CC(Oc1ccc(Cl)cc1Br)C(=O)N1CCc2ccccc2C1. The number of halogens is 2. The molecule has 0 N–H and O–H groups in total. The Morgan fingerprint density at radius 1 is 1.26 bits per heavy atom. The number of ether oxygens (including phenoxy) is 1. The molecule has 1 aliphatic rings. The zero-order valence-corrected chi connectivity index (χ0v) is 15.1. The van der Waals surface area contributed by atoms with Crippen molar-refractivity contribution < 1.29 is 9.53 Å². The monoisotopic (exact) mass is 393 g/mol. The van der Waals surface area contributed by atoms with Crippen LogP contribution in [0.2, 0.25) is 5.02 Å². The first-order chi connectivity index (χ1) is 11.0. The Bertz CT molecular complexity index is 735. The maximum Gasteiger partial charge on any atom is 0.263 e. The van der Waals surface area contributed by atoms with E-state index >= 15 is 0 Å². The minimum absolute atomic E-state index is 0.00125. The normalized spacial score (nSPS) is 15.0. The van der Waals surface area contributed by atoms with E-state index < -0.39 is 6.10 Å². The number of hydrogen-bond donors (Lipinski definition) is 0. The van der Waals surface area contributed by atoms with Gasteiger partial charge in [0.2, 0.25) is 0 Å². The molecule has 0 spiro atoms. The van der Waals surface area contributed by atoms with Gasteiger partial charge in [0.1, 0.15) is 5.75 Å². The van der Waals surface area contributed by atoms with E-state index in [1.54, 1.807) is 25.1 Å². The van der Waals surface area contributed by atoms with Crippen LogP contribution in [0.1, 0.15) is 18.1 Å². The van der Waals surface area contributed by atoms with Gasteiger partial charge >= 0.3 is 0 Å². The molecule has 0 bridgehead atoms. The van der Waals surface area contributed by atoms with Crippen LogP contribution >= 0.6 is 27.5 Å². The van der Waals surface area contributed by atoms with Crippen molar-refractivity contribution in [3.05, 3.63) is 63.1 Å². The van der Waals surface area contributed by atoms with E-state index in [0.717, 1.165) is 17.4 Å². The summed E-state index contributed by atoms with van der Waals surface area (Å²) in [5.41, 5.74) is 2.54. The molecule has 0 fully saturated rings. The third-order valence-corrected chi connectivity index (χ3v) is 4.84. The Hall–Kier alpha value is -1.52. The first-order valence-corrected chi connectivity index (χ1v) is 8.69. The van der Waals surface area contributed by atoms with Crippen molar-refractivity contribution in [1.82, 2.24) is 4.90 Å². The predicted octanol–water partition coefficient (Wildman–Crippen LogP) is 4.45. The number of carbonyl (C=O) groups is 1. The molecule has 5 heteroatoms. The van der Waals surface area contributed by atoms with E-state index in [4.69, 9.17) is 16.3 Å². The second-order valence-corrected chi connectivity index (χ2v) is 6.90. The van der Waals surface area contributed by atoms with E-state index in [-0.39, 0.29) is 5.91 Å². The Morgan fingerprint density at radius 3 is 2.74 bits per heavy atom. The van der Waals surface area contributed by atoms with E-state index in [1.807, 2.05) is 17.0 Å². The molecule has 1 atom stereocenters. The fourth-order valence-electron chi connectivity index (χ4n) is 2.75. The molecule has 3 rings (SSSR count). The van der Waals surface area contributed by atoms with E-state index in [9.17, 15) is 4.79 Å². The molecule has 0 aromatic heterocycles. The molecular weight excluding hydrogens is 378 g/mol. The van der Waals surface area contributed by atoms with Gasteiger partial charge in [-0.2, -0.15) is 0 Å². The molecular formula is C18H17BrClNO2.